The molecule has 1 atom stereocenters. The van der Waals surface area contributed by atoms with E-state index in [0.717, 1.165) is 11.8 Å². The van der Waals surface area contributed by atoms with Gasteiger partial charge in [0.05, 0.1) is 6.42 Å². The summed E-state index contributed by atoms with van der Waals surface area (Å²) >= 11 is 0.989. The topological polar surface area (TPSA) is 100 Å². The minimum atomic E-state index is -0.457. The quantitative estimate of drug-likeness (QED) is 0.432. The molecule has 0 spiro atoms. The van der Waals surface area contributed by atoms with Gasteiger partial charge >= 0.3 is 5.24 Å². The Bertz CT molecular complexity index is 238. The normalized spacial score (nSPS) is 23.5. The van der Waals surface area contributed by atoms with Gasteiger partial charge in [0.25, 0.3) is 5.84 Å². The summed E-state index contributed by atoms with van der Waals surface area (Å²) in [4.78, 5) is 23.4. The number of nitrogens with one attached hydrogen (secondary N) is 1. The van der Waals surface area contributed by atoms with Gasteiger partial charge in [-0.1, -0.05) is 0 Å². The Kier molecular flexibility index (Phi) is 2.13. The largest absolute Gasteiger partial charge is 0.370 e. The van der Waals surface area contributed by atoms with Crippen LogP contribution in [0.15, 0.2) is 0 Å². The van der Waals surface area contributed by atoms with Crippen LogP contribution in [0.1, 0.15) is 6.42 Å². The van der Waals surface area contributed by atoms with Crippen LogP contribution in [0, 0.1) is 0 Å². The number of rotatable bonds is 2. The van der Waals surface area contributed by atoms with Gasteiger partial charge in [0.1, 0.15) is 5.25 Å². The van der Waals surface area contributed by atoms with Crippen LogP contribution in [0.5, 0.6) is 0 Å². The van der Waals surface area contributed by atoms with Crippen molar-refractivity contribution in [3.63, 3.8) is 0 Å². The highest BCUT2D eigenvalue weighted by Gasteiger charge is 2.31. The minimum absolute atomic E-state index is 0.106. The van der Waals surface area contributed by atoms with Gasteiger partial charge in [-0.2, -0.15) is 0 Å². The van der Waals surface area contributed by atoms with Crippen LogP contribution < -0.4 is 16.5 Å². The molecule has 1 heterocycles. The second kappa shape index (κ2) is 2.91. The summed E-state index contributed by atoms with van der Waals surface area (Å²) in [6, 6.07) is 0. The van der Waals surface area contributed by atoms with E-state index in [-0.39, 0.29) is 16.9 Å². The zero-order valence-corrected chi connectivity index (χ0v) is 6.48. The number of primary amides is 1. The maximum absolute atomic E-state index is 10.6. The Morgan fingerprint density at radius 3 is 2.73 bits per heavy atom. The second-order valence-corrected chi connectivity index (χ2v) is 3.32. The summed E-state index contributed by atoms with van der Waals surface area (Å²) < 4.78 is 0. The molecule has 1 aliphatic rings. The van der Waals surface area contributed by atoms with Gasteiger partial charge in [-0.25, -0.2) is 9.79 Å². The molecule has 5 nitrogen and oxygen atoms in total. The molecule has 0 aliphatic carbocycles. The number of carbonyl (C=O) groups is 2. The molecule has 0 aromatic rings. The standard InChI is InChI=1S/C5H7N3O2S/c6-3(9)1-2-4(7)8-5(10)11-2/h2H,1H2,(H2,6,9)(H2,7,8,10)/p+1/t2-/m1/s1. The first-order chi connectivity index (χ1) is 5.09. The molecule has 5 N–H and O–H groups in total. The summed E-state index contributed by atoms with van der Waals surface area (Å²) in [5, 5.41) is -0.520. The predicted octanol–water partition coefficient (Wildman–Crippen LogP) is -2.46. The van der Waals surface area contributed by atoms with Gasteiger partial charge in [-0.05, 0) is 11.8 Å². The molecule has 0 aromatic heterocycles. The van der Waals surface area contributed by atoms with E-state index in [0.29, 0.717) is 5.84 Å². The van der Waals surface area contributed by atoms with Crippen molar-refractivity contribution in [2.75, 3.05) is 0 Å². The fourth-order valence-corrected chi connectivity index (χ4v) is 1.62. The monoisotopic (exact) mass is 174 g/mol. The molecule has 1 aliphatic heterocycles. The van der Waals surface area contributed by atoms with Crippen LogP contribution >= 0.6 is 11.8 Å². The average Bonchev–Trinajstić information content (AvgIpc) is 2.09. The molecule has 1 rings (SSSR count). The van der Waals surface area contributed by atoms with Crippen molar-refractivity contribution in [2.24, 2.45) is 11.5 Å². The van der Waals surface area contributed by atoms with Crippen LogP contribution in [0.3, 0.4) is 0 Å². The molecular formula is C5H8N3O2S+. The fourth-order valence-electron chi connectivity index (χ4n) is 0.755. The van der Waals surface area contributed by atoms with E-state index in [4.69, 9.17) is 11.5 Å². The third-order valence-corrected chi connectivity index (χ3v) is 2.25. The van der Waals surface area contributed by atoms with Crippen LogP contribution in [-0.2, 0) is 4.79 Å². The van der Waals surface area contributed by atoms with Crippen molar-refractivity contribution < 1.29 is 14.6 Å². The van der Waals surface area contributed by atoms with E-state index >= 15 is 0 Å². The third kappa shape index (κ3) is 1.94. The summed E-state index contributed by atoms with van der Waals surface area (Å²) in [7, 11) is 0. The van der Waals surface area contributed by atoms with Gasteiger partial charge < -0.3 is 5.73 Å². The smallest absolute Gasteiger partial charge is 0.367 e. The number of amides is 2. The number of amidine groups is 1. The SMILES string of the molecule is NC(=O)C[C@H]1SC(=O)[NH+]=C1N. The van der Waals surface area contributed by atoms with Crippen molar-refractivity contribution >= 4 is 28.7 Å². The summed E-state index contributed by atoms with van der Waals surface area (Å²) in [6.45, 7) is 0. The Morgan fingerprint density at radius 2 is 2.36 bits per heavy atom. The fraction of sp³-hybridized carbons (Fsp3) is 0.400. The number of hydrogen-bond donors (Lipinski definition) is 3. The van der Waals surface area contributed by atoms with E-state index in [9.17, 15) is 9.59 Å². The number of hydrogen-bond acceptors (Lipinski definition) is 4. The molecule has 0 saturated heterocycles. The molecule has 0 unspecified atom stereocenters. The molecule has 6 heteroatoms. The van der Waals surface area contributed by atoms with Gasteiger partial charge in [-0.3, -0.25) is 10.5 Å². The van der Waals surface area contributed by atoms with Crippen molar-refractivity contribution in [1.82, 2.24) is 0 Å². The molecule has 0 fully saturated rings. The zero-order chi connectivity index (χ0) is 8.43. The Labute approximate surface area is 67.2 Å². The van der Waals surface area contributed by atoms with Crippen LogP contribution in [0.25, 0.3) is 0 Å². The Morgan fingerprint density at radius 1 is 1.73 bits per heavy atom. The molecule has 11 heavy (non-hydrogen) atoms. The van der Waals surface area contributed by atoms with E-state index in [1.165, 1.54) is 0 Å². The van der Waals surface area contributed by atoms with E-state index < -0.39 is 5.91 Å². The van der Waals surface area contributed by atoms with Gasteiger partial charge in [0.2, 0.25) is 5.91 Å². The predicted molar refractivity (Wildman–Crippen MR) is 40.7 cm³/mol. The molecule has 0 bridgehead atoms. The van der Waals surface area contributed by atoms with Crippen LogP contribution in [0.2, 0.25) is 0 Å². The molecule has 0 aromatic carbocycles. The maximum atomic E-state index is 10.6. The van der Waals surface area contributed by atoms with Crippen molar-refractivity contribution in [3.8, 4) is 0 Å². The summed E-state index contributed by atoms with van der Waals surface area (Å²) in [6.07, 6.45) is 0.106. The zero-order valence-electron chi connectivity index (χ0n) is 5.66. The molecule has 0 saturated carbocycles. The Hall–Kier alpha value is -1.04. The lowest BCUT2D eigenvalue weighted by molar-refractivity contribution is -0.328. The van der Waals surface area contributed by atoms with Gasteiger partial charge in [-0.15, -0.1) is 0 Å². The van der Waals surface area contributed by atoms with E-state index in [2.05, 4.69) is 4.99 Å². The molecule has 60 valence electrons. The van der Waals surface area contributed by atoms with Crippen LogP contribution in [0.4, 0.5) is 4.79 Å². The molecular weight excluding hydrogens is 166 g/mol. The van der Waals surface area contributed by atoms with Gasteiger partial charge in [0.15, 0.2) is 0 Å². The molecule has 2 amide bonds. The summed E-state index contributed by atoms with van der Waals surface area (Å²) in [5.41, 5.74) is 10.3. The number of nitrogens with two attached hydrogens (primary N) is 2. The van der Waals surface area contributed by atoms with E-state index in [1.54, 1.807) is 0 Å². The van der Waals surface area contributed by atoms with Crippen LogP contribution in [-0.4, -0.2) is 22.2 Å². The van der Waals surface area contributed by atoms with E-state index in [1.807, 2.05) is 0 Å². The molecule has 0 radical (unpaired) electrons. The lowest BCUT2D eigenvalue weighted by Gasteiger charge is -1.98. The highest BCUT2D eigenvalue weighted by atomic mass is 32.2. The number of thioether (sulfide) groups is 1. The lowest BCUT2D eigenvalue weighted by Crippen LogP contribution is -2.75. The second-order valence-electron chi connectivity index (χ2n) is 2.14. The highest BCUT2D eigenvalue weighted by Crippen LogP contribution is 2.14. The summed E-state index contributed by atoms with van der Waals surface area (Å²) in [5.74, 6) is -0.138. The first-order valence-electron chi connectivity index (χ1n) is 2.98. The average molecular weight is 174 g/mol. The van der Waals surface area contributed by atoms with Crippen molar-refractivity contribution in [1.29, 1.82) is 0 Å². The Balaban J connectivity index is 2.57. The van der Waals surface area contributed by atoms with Gasteiger partial charge in [0, 0.05) is 0 Å². The maximum Gasteiger partial charge on any atom is 0.367 e. The first-order valence-corrected chi connectivity index (χ1v) is 3.86. The van der Waals surface area contributed by atoms with Crippen molar-refractivity contribution in [3.05, 3.63) is 0 Å². The number of carbonyl (C=O) groups excluding carboxylic acids is 2. The third-order valence-electron chi connectivity index (χ3n) is 1.23. The lowest BCUT2D eigenvalue weighted by atomic mass is 10.3. The minimum Gasteiger partial charge on any atom is -0.370 e. The highest BCUT2D eigenvalue weighted by molar-refractivity contribution is 8.14. The first kappa shape index (κ1) is 8.06. The van der Waals surface area contributed by atoms with Crippen molar-refractivity contribution in [2.45, 2.75) is 11.7 Å².